The van der Waals surface area contributed by atoms with Gasteiger partial charge in [0.05, 0.1) is 21.5 Å². The first kappa shape index (κ1) is 18.2. The Labute approximate surface area is 146 Å². The van der Waals surface area contributed by atoms with Gasteiger partial charge in [-0.05, 0) is 6.07 Å². The molecule has 1 heterocycles. The van der Waals surface area contributed by atoms with Crippen LogP contribution in [0.1, 0.15) is 11.5 Å². The minimum Gasteiger partial charge on any atom is -0.339 e. The molecule has 3 rings (SSSR count). The number of rotatable bonds is 3. The maximum Gasteiger partial charge on any atom is 0.270 e. The highest BCUT2D eigenvalue weighted by molar-refractivity contribution is 5.58. The van der Waals surface area contributed by atoms with Gasteiger partial charge in [0.25, 0.3) is 11.4 Å². The Kier molecular flexibility index (Phi) is 5.68. The fourth-order valence-electron chi connectivity index (χ4n) is 1.86. The van der Waals surface area contributed by atoms with Gasteiger partial charge in [0.15, 0.2) is 0 Å². The molecule has 0 saturated heterocycles. The number of non-ortho nitro benzene ring substituents is 2. The number of nitrogens with zero attached hydrogens (tertiary/aromatic N) is 5. The van der Waals surface area contributed by atoms with Crippen molar-refractivity contribution >= 4 is 11.4 Å². The summed E-state index contributed by atoms with van der Waals surface area (Å²) in [5, 5.41) is 32.7. The van der Waals surface area contributed by atoms with Crippen LogP contribution in [-0.4, -0.2) is 20.0 Å². The lowest BCUT2D eigenvalue weighted by atomic mass is 10.2. The second-order valence-electron chi connectivity index (χ2n) is 4.86. The quantitative estimate of drug-likeness (QED) is 0.513. The van der Waals surface area contributed by atoms with Crippen molar-refractivity contribution in [3.05, 3.63) is 80.2 Å². The molecule has 2 aromatic carbocycles. The van der Waals surface area contributed by atoms with Gasteiger partial charge in [0.2, 0.25) is 11.7 Å². The van der Waals surface area contributed by atoms with E-state index < -0.39 is 9.85 Å². The number of nitro groups is 2. The highest BCUT2D eigenvalue weighted by Gasteiger charge is 2.10. The van der Waals surface area contributed by atoms with E-state index in [-0.39, 0.29) is 11.4 Å². The van der Waals surface area contributed by atoms with Gasteiger partial charge in [-0.2, -0.15) is 10.2 Å². The van der Waals surface area contributed by atoms with E-state index in [0.29, 0.717) is 22.8 Å². The van der Waals surface area contributed by atoms with Crippen LogP contribution in [0.4, 0.5) is 11.4 Å². The highest BCUT2D eigenvalue weighted by atomic mass is 16.6. The number of hydrogen-bond acceptors (Lipinski definition) is 8. The van der Waals surface area contributed by atoms with Crippen LogP contribution in [0.2, 0.25) is 0 Å². The number of nitriles is 1. The zero-order chi connectivity index (χ0) is 19.1. The predicted molar refractivity (Wildman–Crippen MR) is 88.9 cm³/mol. The van der Waals surface area contributed by atoms with Crippen molar-refractivity contribution in [1.29, 1.82) is 5.26 Å². The summed E-state index contributed by atoms with van der Waals surface area (Å²) in [5.74, 6) is 0.785. The molecule has 0 atom stereocenters. The molecule has 0 amide bonds. The molecular formula is C16H11N5O5. The molecule has 10 nitrogen and oxygen atoms in total. The second kappa shape index (κ2) is 8.11. The largest absolute Gasteiger partial charge is 0.339 e. The van der Waals surface area contributed by atoms with E-state index in [9.17, 15) is 20.2 Å². The average Bonchev–Trinajstić information content (AvgIpc) is 3.09. The van der Waals surface area contributed by atoms with Crippen molar-refractivity contribution in [3.8, 4) is 17.5 Å². The van der Waals surface area contributed by atoms with Crippen LogP contribution in [0.3, 0.4) is 0 Å². The average molecular weight is 353 g/mol. The number of hydrogen-bond donors (Lipinski definition) is 0. The fourth-order valence-corrected chi connectivity index (χ4v) is 1.86. The fraction of sp³-hybridized carbons (Fsp3) is 0.0625. The third-order valence-electron chi connectivity index (χ3n) is 3.03. The molecule has 0 spiro atoms. The third-order valence-corrected chi connectivity index (χ3v) is 3.03. The first-order valence-corrected chi connectivity index (χ1v) is 7.10. The van der Waals surface area contributed by atoms with Crippen LogP contribution in [-0.2, 0) is 0 Å². The lowest BCUT2D eigenvalue weighted by Crippen LogP contribution is -1.88. The maximum absolute atomic E-state index is 10.5. The number of benzene rings is 2. The molecule has 0 aliphatic carbocycles. The van der Waals surface area contributed by atoms with Gasteiger partial charge in [0, 0.05) is 36.8 Å². The summed E-state index contributed by atoms with van der Waals surface area (Å²) in [5.41, 5.74) is 0.833. The van der Waals surface area contributed by atoms with Gasteiger partial charge in [-0.3, -0.25) is 20.2 Å². The third kappa shape index (κ3) is 4.68. The summed E-state index contributed by atoms with van der Waals surface area (Å²) in [7, 11) is 0. The van der Waals surface area contributed by atoms with Crippen molar-refractivity contribution in [1.82, 2.24) is 10.1 Å². The molecule has 0 bridgehead atoms. The van der Waals surface area contributed by atoms with Gasteiger partial charge in [0.1, 0.15) is 0 Å². The van der Waals surface area contributed by atoms with Crippen LogP contribution < -0.4 is 0 Å². The first-order chi connectivity index (χ1) is 12.4. The summed E-state index contributed by atoms with van der Waals surface area (Å²) in [6, 6.07) is 13.5. The standard InChI is InChI=1S/C9H7N3O3.C7H4N2O2/c1-6-10-9(11-15-6)7-3-2-4-8(5-7)12(13)14;8-5-6-2-1-3-7(4-6)9(10)11/h2-5H,1H3;1-4H. The molecule has 0 unspecified atom stereocenters. The van der Waals surface area contributed by atoms with E-state index in [1.165, 1.54) is 36.4 Å². The van der Waals surface area contributed by atoms with Gasteiger partial charge >= 0.3 is 0 Å². The van der Waals surface area contributed by atoms with E-state index in [1.54, 1.807) is 19.1 Å². The van der Waals surface area contributed by atoms with Gasteiger partial charge < -0.3 is 4.52 Å². The molecule has 0 fully saturated rings. The molecule has 0 aliphatic heterocycles. The van der Waals surface area contributed by atoms with Crippen molar-refractivity contribution in [2.45, 2.75) is 6.92 Å². The van der Waals surface area contributed by atoms with Crippen molar-refractivity contribution in [3.63, 3.8) is 0 Å². The molecule has 26 heavy (non-hydrogen) atoms. The molecule has 0 aliphatic rings. The Morgan fingerprint density at radius 3 is 2.19 bits per heavy atom. The zero-order valence-electron chi connectivity index (χ0n) is 13.4. The Morgan fingerprint density at radius 1 is 1.04 bits per heavy atom. The minimum atomic E-state index is -0.527. The number of aryl methyl sites for hydroxylation is 1. The molecule has 1 aromatic heterocycles. The predicted octanol–water partition coefficient (Wildman–Crippen LogP) is 3.42. The van der Waals surface area contributed by atoms with E-state index in [0.717, 1.165) is 0 Å². The van der Waals surface area contributed by atoms with Crippen LogP contribution in [0.5, 0.6) is 0 Å². The molecule has 10 heteroatoms. The van der Waals surface area contributed by atoms with Crippen LogP contribution in [0.15, 0.2) is 53.1 Å². The lowest BCUT2D eigenvalue weighted by Gasteiger charge is -1.93. The normalized spacial score (nSPS) is 9.54. The highest BCUT2D eigenvalue weighted by Crippen LogP contribution is 2.21. The Bertz CT molecular complexity index is 992. The summed E-state index contributed by atoms with van der Waals surface area (Å²) in [6.07, 6.45) is 0. The van der Waals surface area contributed by atoms with Crippen LogP contribution in [0, 0.1) is 38.5 Å². The van der Waals surface area contributed by atoms with E-state index in [2.05, 4.69) is 10.1 Å². The van der Waals surface area contributed by atoms with Gasteiger partial charge in [-0.15, -0.1) is 0 Å². The van der Waals surface area contributed by atoms with Crippen LogP contribution in [0.25, 0.3) is 11.4 Å². The number of aromatic nitrogens is 2. The topological polar surface area (TPSA) is 149 Å². The lowest BCUT2D eigenvalue weighted by molar-refractivity contribution is -0.385. The zero-order valence-corrected chi connectivity index (χ0v) is 13.4. The molecule has 130 valence electrons. The van der Waals surface area contributed by atoms with E-state index in [4.69, 9.17) is 9.78 Å². The SMILES string of the molecule is Cc1nc(-c2cccc([N+](=O)[O-])c2)no1.N#Cc1cccc([N+](=O)[O-])c1. The smallest absolute Gasteiger partial charge is 0.270 e. The Hall–Kier alpha value is -4.13. The van der Waals surface area contributed by atoms with Crippen molar-refractivity contribution < 1.29 is 14.4 Å². The molecule has 0 radical (unpaired) electrons. The first-order valence-electron chi connectivity index (χ1n) is 7.10. The minimum absolute atomic E-state index is 0.00922. The van der Waals surface area contributed by atoms with Crippen LogP contribution >= 0.6 is 0 Å². The monoisotopic (exact) mass is 353 g/mol. The molecule has 0 saturated carbocycles. The summed E-state index contributed by atoms with van der Waals surface area (Å²) < 4.78 is 4.79. The molecular weight excluding hydrogens is 342 g/mol. The maximum atomic E-state index is 10.5. The summed E-state index contributed by atoms with van der Waals surface area (Å²) in [4.78, 5) is 23.7. The summed E-state index contributed by atoms with van der Waals surface area (Å²) in [6.45, 7) is 1.66. The Morgan fingerprint density at radius 2 is 1.65 bits per heavy atom. The second-order valence-corrected chi connectivity index (χ2v) is 4.86. The van der Waals surface area contributed by atoms with Crippen molar-refractivity contribution in [2.24, 2.45) is 0 Å². The Balaban J connectivity index is 0.000000197. The van der Waals surface area contributed by atoms with E-state index in [1.807, 2.05) is 6.07 Å². The number of nitro benzene ring substituents is 2. The summed E-state index contributed by atoms with van der Waals surface area (Å²) >= 11 is 0. The van der Waals surface area contributed by atoms with Crippen molar-refractivity contribution in [2.75, 3.05) is 0 Å². The van der Waals surface area contributed by atoms with E-state index >= 15 is 0 Å². The van der Waals surface area contributed by atoms with Gasteiger partial charge in [-0.25, -0.2) is 0 Å². The molecule has 3 aromatic rings. The molecule has 0 N–H and O–H groups in total. The van der Waals surface area contributed by atoms with Gasteiger partial charge in [-0.1, -0.05) is 23.4 Å².